The average Bonchev–Trinajstić information content (AvgIpc) is 2.66. The topological polar surface area (TPSA) is 66.0 Å². The molecule has 0 spiro atoms. The maximum Gasteiger partial charge on any atom is 0.353 e. The zero-order valence-corrected chi connectivity index (χ0v) is 9.73. The summed E-state index contributed by atoms with van der Waals surface area (Å²) < 4.78 is 0. The van der Waals surface area contributed by atoms with Crippen molar-refractivity contribution in [1.29, 1.82) is 0 Å². The molecule has 0 saturated heterocycles. The zero-order valence-electron chi connectivity index (χ0n) is 9.73. The molecule has 0 bridgehead atoms. The first-order valence-electron chi connectivity index (χ1n) is 5.87. The van der Waals surface area contributed by atoms with Gasteiger partial charge in [0.15, 0.2) is 0 Å². The van der Waals surface area contributed by atoms with Crippen molar-refractivity contribution >= 4 is 5.97 Å². The van der Waals surface area contributed by atoms with Crippen molar-refractivity contribution in [3.8, 4) is 0 Å². The van der Waals surface area contributed by atoms with Gasteiger partial charge in [0.2, 0.25) is 0 Å². The van der Waals surface area contributed by atoms with Crippen LogP contribution < -0.4 is 0 Å². The molecule has 1 aromatic heterocycles. The minimum Gasteiger partial charge on any atom is -0.477 e. The van der Waals surface area contributed by atoms with E-state index in [9.17, 15) is 4.79 Å². The van der Waals surface area contributed by atoms with E-state index in [0.717, 1.165) is 5.82 Å². The number of rotatable bonds is 2. The van der Waals surface area contributed by atoms with Gasteiger partial charge in [0.1, 0.15) is 11.5 Å². The molecule has 4 heteroatoms. The van der Waals surface area contributed by atoms with E-state index in [4.69, 9.17) is 5.11 Å². The molecule has 4 nitrogen and oxygen atoms in total. The Kier molecular flexibility index (Phi) is 2.99. The van der Waals surface area contributed by atoms with Gasteiger partial charge in [-0.3, -0.25) is 0 Å². The number of aromatic amines is 1. The van der Waals surface area contributed by atoms with Crippen molar-refractivity contribution in [3.63, 3.8) is 0 Å². The summed E-state index contributed by atoms with van der Waals surface area (Å²) in [5.74, 6) is 1.45. The Labute approximate surface area is 95.1 Å². The number of nitrogens with zero attached hydrogens (tertiary/aromatic N) is 1. The van der Waals surface area contributed by atoms with E-state index in [0.29, 0.717) is 17.8 Å². The SMILES string of the molecule is CC1CCCC(C)C1c1ncc(C(=O)O)[nH]1. The van der Waals surface area contributed by atoms with Crippen LogP contribution in [0.3, 0.4) is 0 Å². The Balaban J connectivity index is 2.23. The minimum atomic E-state index is -0.935. The first-order valence-corrected chi connectivity index (χ1v) is 5.87. The molecule has 2 rings (SSSR count). The number of carbonyl (C=O) groups is 1. The van der Waals surface area contributed by atoms with Crippen LogP contribution in [0.1, 0.15) is 55.3 Å². The van der Waals surface area contributed by atoms with Crippen molar-refractivity contribution in [2.45, 2.75) is 39.0 Å². The number of H-pyrrole nitrogens is 1. The number of carboxylic acids is 1. The largest absolute Gasteiger partial charge is 0.477 e. The van der Waals surface area contributed by atoms with Crippen LogP contribution in [0.15, 0.2) is 6.20 Å². The highest BCUT2D eigenvalue weighted by Crippen LogP contribution is 2.40. The molecule has 1 heterocycles. The van der Waals surface area contributed by atoms with Crippen LogP contribution in [-0.2, 0) is 0 Å². The highest BCUT2D eigenvalue weighted by Gasteiger charge is 2.31. The smallest absolute Gasteiger partial charge is 0.353 e. The molecule has 0 aliphatic heterocycles. The molecule has 88 valence electrons. The van der Waals surface area contributed by atoms with Crippen LogP contribution in [0.5, 0.6) is 0 Å². The molecule has 0 aromatic carbocycles. The summed E-state index contributed by atoms with van der Waals surface area (Å²) in [6, 6.07) is 0. The number of nitrogens with one attached hydrogen (secondary N) is 1. The van der Waals surface area contributed by atoms with E-state index in [1.807, 2.05) is 0 Å². The summed E-state index contributed by atoms with van der Waals surface area (Å²) in [5.41, 5.74) is 0.194. The van der Waals surface area contributed by atoms with Crippen LogP contribution in [0.25, 0.3) is 0 Å². The summed E-state index contributed by atoms with van der Waals surface area (Å²) in [5, 5.41) is 8.86. The molecule has 1 aromatic rings. The lowest BCUT2D eigenvalue weighted by atomic mass is 9.73. The van der Waals surface area contributed by atoms with Crippen LogP contribution in [0.4, 0.5) is 0 Å². The molecule has 2 N–H and O–H groups in total. The maximum atomic E-state index is 10.8. The summed E-state index contributed by atoms with van der Waals surface area (Å²) >= 11 is 0. The first kappa shape index (κ1) is 11.2. The number of carboxylic acid groups (broad SMARTS) is 1. The van der Waals surface area contributed by atoms with E-state index in [-0.39, 0.29) is 5.69 Å². The standard InChI is InChI=1S/C12H18N2O2/c1-7-4-3-5-8(2)10(7)11-13-6-9(14-11)12(15)16/h6-8,10H,3-5H2,1-2H3,(H,13,14)(H,15,16). The maximum absolute atomic E-state index is 10.8. The van der Waals surface area contributed by atoms with Crippen molar-refractivity contribution in [2.24, 2.45) is 11.8 Å². The predicted molar refractivity (Wildman–Crippen MR) is 60.5 cm³/mol. The van der Waals surface area contributed by atoms with Gasteiger partial charge >= 0.3 is 5.97 Å². The lowest BCUT2D eigenvalue weighted by Gasteiger charge is -2.33. The molecule has 1 saturated carbocycles. The van der Waals surface area contributed by atoms with E-state index < -0.39 is 5.97 Å². The van der Waals surface area contributed by atoms with Crippen LogP contribution in [0, 0.1) is 11.8 Å². The molecular weight excluding hydrogens is 204 g/mol. The van der Waals surface area contributed by atoms with Gasteiger partial charge in [-0.2, -0.15) is 0 Å². The molecule has 1 aliphatic carbocycles. The lowest BCUT2D eigenvalue weighted by molar-refractivity contribution is 0.0690. The molecule has 2 unspecified atom stereocenters. The average molecular weight is 222 g/mol. The normalized spacial score (nSPS) is 30.2. The van der Waals surface area contributed by atoms with Gasteiger partial charge in [-0.1, -0.05) is 20.3 Å². The summed E-state index contributed by atoms with van der Waals surface area (Å²) in [7, 11) is 0. The van der Waals surface area contributed by atoms with E-state index in [1.165, 1.54) is 25.5 Å². The second kappa shape index (κ2) is 4.28. The third-order valence-electron chi connectivity index (χ3n) is 3.69. The number of imidazole rings is 1. The number of aromatic nitrogens is 2. The fraction of sp³-hybridized carbons (Fsp3) is 0.667. The quantitative estimate of drug-likeness (QED) is 0.808. The fourth-order valence-electron chi connectivity index (χ4n) is 2.84. The molecule has 0 radical (unpaired) electrons. The Morgan fingerprint density at radius 2 is 2.06 bits per heavy atom. The zero-order chi connectivity index (χ0) is 11.7. The lowest BCUT2D eigenvalue weighted by Crippen LogP contribution is -2.23. The summed E-state index contributed by atoms with van der Waals surface area (Å²) in [6.07, 6.45) is 5.10. The summed E-state index contributed by atoms with van der Waals surface area (Å²) in [6.45, 7) is 4.45. The Hall–Kier alpha value is -1.32. The van der Waals surface area contributed by atoms with Crippen molar-refractivity contribution in [3.05, 3.63) is 17.7 Å². The number of hydrogen-bond acceptors (Lipinski definition) is 2. The van der Waals surface area contributed by atoms with E-state index in [1.54, 1.807) is 0 Å². The van der Waals surface area contributed by atoms with Gasteiger partial charge in [-0.15, -0.1) is 0 Å². The van der Waals surface area contributed by atoms with Crippen LogP contribution in [-0.4, -0.2) is 21.0 Å². The molecule has 1 fully saturated rings. The Morgan fingerprint density at radius 3 is 2.56 bits per heavy atom. The number of aromatic carboxylic acids is 1. The van der Waals surface area contributed by atoms with Crippen molar-refractivity contribution in [2.75, 3.05) is 0 Å². The van der Waals surface area contributed by atoms with Gasteiger partial charge in [0.05, 0.1) is 6.20 Å². The van der Waals surface area contributed by atoms with Crippen LogP contribution >= 0.6 is 0 Å². The van der Waals surface area contributed by atoms with Crippen molar-refractivity contribution in [1.82, 2.24) is 9.97 Å². The molecule has 2 atom stereocenters. The third kappa shape index (κ3) is 1.96. The Bertz CT molecular complexity index is 376. The second-order valence-corrected chi connectivity index (χ2v) is 4.90. The monoisotopic (exact) mass is 222 g/mol. The predicted octanol–water partition coefficient (Wildman–Crippen LogP) is 2.65. The van der Waals surface area contributed by atoms with Crippen LogP contribution in [0.2, 0.25) is 0 Å². The van der Waals surface area contributed by atoms with Gasteiger partial charge in [0, 0.05) is 5.92 Å². The second-order valence-electron chi connectivity index (χ2n) is 4.90. The van der Waals surface area contributed by atoms with Gasteiger partial charge < -0.3 is 10.1 Å². The number of hydrogen-bond donors (Lipinski definition) is 2. The first-order chi connectivity index (χ1) is 7.59. The molecule has 0 amide bonds. The Morgan fingerprint density at radius 1 is 1.44 bits per heavy atom. The highest BCUT2D eigenvalue weighted by molar-refractivity contribution is 5.85. The third-order valence-corrected chi connectivity index (χ3v) is 3.69. The molecule has 1 aliphatic rings. The van der Waals surface area contributed by atoms with Gasteiger partial charge in [-0.05, 0) is 24.7 Å². The van der Waals surface area contributed by atoms with E-state index in [2.05, 4.69) is 23.8 Å². The van der Waals surface area contributed by atoms with Gasteiger partial charge in [0.25, 0.3) is 0 Å². The molecule has 16 heavy (non-hydrogen) atoms. The summed E-state index contributed by atoms with van der Waals surface area (Å²) in [4.78, 5) is 17.9. The highest BCUT2D eigenvalue weighted by atomic mass is 16.4. The fourth-order valence-corrected chi connectivity index (χ4v) is 2.84. The molecular formula is C12H18N2O2. The van der Waals surface area contributed by atoms with E-state index >= 15 is 0 Å². The minimum absolute atomic E-state index is 0.194. The van der Waals surface area contributed by atoms with Gasteiger partial charge in [-0.25, -0.2) is 9.78 Å². The van der Waals surface area contributed by atoms with Crippen molar-refractivity contribution < 1.29 is 9.90 Å².